The Balaban J connectivity index is 0.00000177. The first-order valence-electron chi connectivity index (χ1n) is 17.5. The van der Waals surface area contributed by atoms with E-state index in [1.165, 1.54) is 21.5 Å². The SMILES string of the molecule is CC.F/C(c1cc(-c2cc3ccccc3c3ccccc23)cc(-c2cc3ccccc3c3ccccc23)c1)=c1/cccc/c1=C1\C=CC=CC1. The highest BCUT2D eigenvalue weighted by Crippen LogP contribution is 2.40. The fraction of sp³-hybridized carbons (Fsp3) is 0.0612. The summed E-state index contributed by atoms with van der Waals surface area (Å²) in [4.78, 5) is 0. The maximum Gasteiger partial charge on any atom is 0.138 e. The van der Waals surface area contributed by atoms with Gasteiger partial charge in [0.2, 0.25) is 0 Å². The largest absolute Gasteiger partial charge is 0.206 e. The first-order chi connectivity index (χ1) is 24.7. The second kappa shape index (κ2) is 13.5. The lowest BCUT2D eigenvalue weighted by Gasteiger charge is -2.16. The molecule has 1 aliphatic carbocycles. The summed E-state index contributed by atoms with van der Waals surface area (Å²) in [5.74, 6) is -0.223. The van der Waals surface area contributed by atoms with Crippen molar-refractivity contribution in [1.29, 1.82) is 0 Å². The van der Waals surface area contributed by atoms with E-state index >= 15 is 4.39 Å². The number of allylic oxidation sites excluding steroid dienone is 4. The van der Waals surface area contributed by atoms with Gasteiger partial charge in [0.05, 0.1) is 0 Å². The molecule has 0 radical (unpaired) electrons. The van der Waals surface area contributed by atoms with Crippen LogP contribution in [0.4, 0.5) is 4.39 Å². The third kappa shape index (κ3) is 5.51. The Bertz CT molecular complexity index is 2620. The van der Waals surface area contributed by atoms with Gasteiger partial charge in [-0.2, -0.15) is 0 Å². The monoisotopic (exact) mass is 644 g/mol. The lowest BCUT2D eigenvalue weighted by atomic mass is 9.88. The van der Waals surface area contributed by atoms with E-state index < -0.39 is 0 Å². The van der Waals surface area contributed by atoms with Gasteiger partial charge in [-0.1, -0.05) is 159 Å². The lowest BCUT2D eigenvalue weighted by molar-refractivity contribution is 0.752. The summed E-state index contributed by atoms with van der Waals surface area (Å²) >= 11 is 0. The number of hydrogen-bond donors (Lipinski definition) is 0. The van der Waals surface area contributed by atoms with Gasteiger partial charge in [-0.15, -0.1) is 0 Å². The summed E-state index contributed by atoms with van der Waals surface area (Å²) in [6, 6.07) is 52.9. The predicted octanol–water partition coefficient (Wildman–Crippen LogP) is 12.5. The zero-order chi connectivity index (χ0) is 34.0. The summed E-state index contributed by atoms with van der Waals surface area (Å²) in [6.45, 7) is 4.00. The molecule has 0 nitrogen and oxygen atoms in total. The Kier molecular flexibility index (Phi) is 8.40. The zero-order valence-corrected chi connectivity index (χ0v) is 28.3. The van der Waals surface area contributed by atoms with Crippen molar-refractivity contribution < 1.29 is 4.39 Å². The molecule has 0 fully saturated rings. The molecule has 0 saturated carbocycles. The molecule has 0 saturated heterocycles. The maximum absolute atomic E-state index is 17.3. The molecule has 0 bridgehead atoms. The van der Waals surface area contributed by atoms with Crippen molar-refractivity contribution in [1.82, 2.24) is 0 Å². The molecule has 1 aliphatic rings. The molecule has 0 aromatic heterocycles. The third-order valence-corrected chi connectivity index (χ3v) is 9.74. The van der Waals surface area contributed by atoms with E-state index in [0.29, 0.717) is 10.8 Å². The topological polar surface area (TPSA) is 0 Å². The molecular weight excluding hydrogens is 608 g/mol. The van der Waals surface area contributed by atoms with Gasteiger partial charge in [0.25, 0.3) is 0 Å². The van der Waals surface area contributed by atoms with Crippen LogP contribution in [0.5, 0.6) is 0 Å². The molecule has 0 heterocycles. The van der Waals surface area contributed by atoms with Crippen molar-refractivity contribution in [2.45, 2.75) is 20.3 Å². The van der Waals surface area contributed by atoms with Crippen LogP contribution in [0.15, 0.2) is 176 Å². The van der Waals surface area contributed by atoms with Crippen LogP contribution in [-0.2, 0) is 0 Å². The Morgan fingerprint density at radius 1 is 0.480 bits per heavy atom. The Morgan fingerprint density at radius 2 is 0.960 bits per heavy atom. The average molecular weight is 645 g/mol. The summed E-state index contributed by atoms with van der Waals surface area (Å²) in [7, 11) is 0. The van der Waals surface area contributed by atoms with Gasteiger partial charge in [0, 0.05) is 10.8 Å². The molecule has 50 heavy (non-hydrogen) atoms. The Hall–Kier alpha value is -6.05. The number of halogens is 1. The first kappa shape index (κ1) is 31.2. The van der Waals surface area contributed by atoms with Gasteiger partial charge < -0.3 is 0 Å². The normalized spacial score (nSPS) is 14.2. The number of rotatable bonds is 3. The molecule has 240 valence electrons. The van der Waals surface area contributed by atoms with Crippen LogP contribution in [0.25, 0.3) is 76.7 Å². The molecule has 8 aromatic rings. The molecule has 9 rings (SSSR count). The molecule has 0 aliphatic heterocycles. The minimum atomic E-state index is -0.223. The van der Waals surface area contributed by atoms with Crippen LogP contribution < -0.4 is 10.4 Å². The van der Waals surface area contributed by atoms with E-state index in [9.17, 15) is 0 Å². The molecule has 0 unspecified atom stereocenters. The van der Waals surface area contributed by atoms with E-state index in [1.807, 2.05) is 62.4 Å². The van der Waals surface area contributed by atoms with Gasteiger partial charge in [-0.3, -0.25) is 0 Å². The van der Waals surface area contributed by atoms with Crippen LogP contribution in [0.1, 0.15) is 25.8 Å². The highest BCUT2D eigenvalue weighted by Gasteiger charge is 2.16. The quantitative estimate of drug-likeness (QED) is 0.168. The van der Waals surface area contributed by atoms with Gasteiger partial charge >= 0.3 is 0 Å². The molecule has 0 N–H and O–H groups in total. The minimum absolute atomic E-state index is 0.223. The van der Waals surface area contributed by atoms with Gasteiger partial charge in [0.15, 0.2) is 0 Å². The van der Waals surface area contributed by atoms with Crippen molar-refractivity contribution >= 4 is 54.5 Å². The van der Waals surface area contributed by atoms with Crippen LogP contribution >= 0.6 is 0 Å². The molecule has 0 atom stereocenters. The molecular formula is C49H37F. The van der Waals surface area contributed by atoms with Crippen LogP contribution in [0.2, 0.25) is 0 Å². The van der Waals surface area contributed by atoms with Gasteiger partial charge in [-0.05, 0) is 113 Å². The fourth-order valence-electron chi connectivity index (χ4n) is 7.47. The van der Waals surface area contributed by atoms with E-state index in [0.717, 1.165) is 61.0 Å². The maximum atomic E-state index is 17.3. The molecule has 8 aromatic carbocycles. The highest BCUT2D eigenvalue weighted by molar-refractivity contribution is 6.16. The van der Waals surface area contributed by atoms with Crippen molar-refractivity contribution in [2.24, 2.45) is 0 Å². The Labute approximate surface area is 292 Å². The smallest absolute Gasteiger partial charge is 0.138 e. The molecule has 0 spiro atoms. The van der Waals surface area contributed by atoms with Crippen molar-refractivity contribution in [3.8, 4) is 22.3 Å². The standard InChI is InChI=1S/C47H31F.C2H6/c48-47(44-25-13-8-18-37(44)31-14-2-1-3-15-31)36-27-34(45-29-32-16-4-6-19-38(32)40-21-9-11-23-42(40)45)26-35(28-36)46-30-33-17-5-7-20-39(33)41-22-10-12-24-43(41)46;1-2/h1-14,16-30H,15H2;1-2H3/b37-31-,47-44-;. The second-order valence-electron chi connectivity index (χ2n) is 12.6. The Morgan fingerprint density at radius 3 is 1.50 bits per heavy atom. The van der Waals surface area contributed by atoms with Gasteiger partial charge in [0.1, 0.15) is 5.83 Å². The summed E-state index contributed by atoms with van der Waals surface area (Å²) in [6.07, 6.45) is 9.07. The van der Waals surface area contributed by atoms with Crippen molar-refractivity contribution in [3.63, 3.8) is 0 Å². The van der Waals surface area contributed by atoms with Crippen LogP contribution in [0, 0.1) is 0 Å². The third-order valence-electron chi connectivity index (χ3n) is 9.74. The molecule has 0 amide bonds. The second-order valence-corrected chi connectivity index (χ2v) is 12.6. The minimum Gasteiger partial charge on any atom is -0.206 e. The summed E-state index contributed by atoms with van der Waals surface area (Å²) in [5.41, 5.74) is 5.84. The predicted molar refractivity (Wildman–Crippen MR) is 214 cm³/mol. The summed E-state index contributed by atoms with van der Waals surface area (Å²) < 4.78 is 17.3. The molecule has 1 heteroatoms. The van der Waals surface area contributed by atoms with Crippen molar-refractivity contribution in [2.75, 3.05) is 0 Å². The van der Waals surface area contributed by atoms with Crippen molar-refractivity contribution in [3.05, 3.63) is 192 Å². The number of hydrogen-bond acceptors (Lipinski definition) is 0. The van der Waals surface area contributed by atoms with Crippen LogP contribution in [-0.4, -0.2) is 0 Å². The van der Waals surface area contributed by atoms with E-state index in [-0.39, 0.29) is 5.83 Å². The van der Waals surface area contributed by atoms with E-state index in [1.54, 1.807) is 0 Å². The highest BCUT2D eigenvalue weighted by atomic mass is 19.1. The van der Waals surface area contributed by atoms with Gasteiger partial charge in [-0.25, -0.2) is 4.39 Å². The van der Waals surface area contributed by atoms with Crippen LogP contribution in [0.3, 0.4) is 0 Å². The summed E-state index contributed by atoms with van der Waals surface area (Å²) in [5, 5.41) is 11.0. The lowest BCUT2D eigenvalue weighted by Crippen LogP contribution is -2.28. The number of fused-ring (bicyclic) bond motifs is 6. The first-order valence-corrected chi connectivity index (χ1v) is 17.5. The number of benzene rings is 8. The van der Waals surface area contributed by atoms with E-state index in [2.05, 4.69) is 127 Å². The fourth-order valence-corrected chi connectivity index (χ4v) is 7.47. The zero-order valence-electron chi connectivity index (χ0n) is 28.3. The van der Waals surface area contributed by atoms with E-state index in [4.69, 9.17) is 0 Å². The average Bonchev–Trinajstić information content (AvgIpc) is 3.21.